The fraction of sp³-hybridized carbons (Fsp3) is 0.818. The highest BCUT2D eigenvalue weighted by atomic mass is 16.5. The highest BCUT2D eigenvalue weighted by Gasteiger charge is 2.10. The molecule has 0 saturated heterocycles. The molecule has 0 bridgehead atoms. The zero-order chi connectivity index (χ0) is 11.7. The van der Waals surface area contributed by atoms with Gasteiger partial charge in [-0.2, -0.15) is 0 Å². The molecule has 15 heavy (non-hydrogen) atoms. The van der Waals surface area contributed by atoms with Gasteiger partial charge >= 0.3 is 11.9 Å². The second-order valence-corrected chi connectivity index (χ2v) is 3.48. The van der Waals surface area contributed by atoms with Crippen LogP contribution in [0.3, 0.4) is 0 Å². The Kier molecular flexibility index (Phi) is 7.68. The first-order valence-corrected chi connectivity index (χ1v) is 5.41. The highest BCUT2D eigenvalue weighted by Crippen LogP contribution is 2.08. The Balaban J connectivity index is 3.52. The molecule has 0 spiro atoms. The molecule has 88 valence electrons. The topological polar surface area (TPSA) is 52.6 Å². The molecule has 0 aromatic heterocycles. The Hall–Kier alpha value is -1.06. The average molecular weight is 216 g/mol. The van der Waals surface area contributed by atoms with Gasteiger partial charge in [0.15, 0.2) is 0 Å². The number of hydrogen-bond acceptors (Lipinski definition) is 4. The Morgan fingerprint density at radius 3 is 2.33 bits per heavy atom. The Morgan fingerprint density at radius 1 is 1.13 bits per heavy atom. The third-order valence-electron chi connectivity index (χ3n) is 1.98. The number of ether oxygens (including phenoxy) is 2. The molecular weight excluding hydrogens is 196 g/mol. The van der Waals surface area contributed by atoms with E-state index in [9.17, 15) is 9.59 Å². The third kappa shape index (κ3) is 7.97. The molecule has 4 heteroatoms. The fourth-order valence-corrected chi connectivity index (χ4v) is 1.08. The van der Waals surface area contributed by atoms with Gasteiger partial charge in [0, 0.05) is 12.8 Å². The summed E-state index contributed by atoms with van der Waals surface area (Å²) in [5.74, 6) is -0.196. The lowest BCUT2D eigenvalue weighted by Gasteiger charge is -2.10. The highest BCUT2D eigenvalue weighted by molar-refractivity contribution is 5.69. The lowest BCUT2D eigenvalue weighted by atomic mass is 10.1. The van der Waals surface area contributed by atoms with Crippen LogP contribution in [0.1, 0.15) is 40.0 Å². The summed E-state index contributed by atoms with van der Waals surface area (Å²) < 4.78 is 9.73. The number of rotatable bonds is 7. The minimum Gasteiger partial charge on any atom is -0.466 e. The van der Waals surface area contributed by atoms with Crippen LogP contribution in [0.15, 0.2) is 0 Å². The Morgan fingerprint density at radius 2 is 1.80 bits per heavy atom. The molecule has 0 aliphatic rings. The number of esters is 2. The van der Waals surface area contributed by atoms with Gasteiger partial charge in [0.05, 0.1) is 13.2 Å². The van der Waals surface area contributed by atoms with E-state index in [-0.39, 0.29) is 17.9 Å². The van der Waals surface area contributed by atoms with Crippen LogP contribution < -0.4 is 0 Å². The van der Waals surface area contributed by atoms with Crippen LogP contribution in [-0.4, -0.2) is 25.2 Å². The Bertz CT molecular complexity index is 201. The second-order valence-electron chi connectivity index (χ2n) is 3.48. The minimum atomic E-state index is -0.196. The second kappa shape index (κ2) is 8.26. The van der Waals surface area contributed by atoms with Crippen LogP contribution in [0, 0.1) is 5.92 Å². The van der Waals surface area contributed by atoms with Gasteiger partial charge in [0.2, 0.25) is 0 Å². The van der Waals surface area contributed by atoms with E-state index in [2.05, 4.69) is 0 Å². The van der Waals surface area contributed by atoms with Gasteiger partial charge in [0.25, 0.3) is 0 Å². The van der Waals surface area contributed by atoms with E-state index in [1.807, 2.05) is 6.92 Å². The van der Waals surface area contributed by atoms with Gasteiger partial charge in [-0.15, -0.1) is 0 Å². The first kappa shape index (κ1) is 13.9. The normalized spacial score (nSPS) is 11.9. The van der Waals surface area contributed by atoms with E-state index < -0.39 is 0 Å². The van der Waals surface area contributed by atoms with Crippen molar-refractivity contribution in [3.8, 4) is 0 Å². The first-order chi connectivity index (χ1) is 7.10. The molecular formula is C11H20O4. The maximum atomic E-state index is 11.1. The van der Waals surface area contributed by atoms with Crippen molar-refractivity contribution in [2.45, 2.75) is 40.0 Å². The molecule has 4 nitrogen and oxygen atoms in total. The summed E-state index contributed by atoms with van der Waals surface area (Å²) in [6.07, 6.45) is 1.48. The van der Waals surface area contributed by atoms with Gasteiger partial charge < -0.3 is 9.47 Å². The number of carbonyl (C=O) groups excluding carboxylic acids is 2. The summed E-state index contributed by atoms with van der Waals surface area (Å²) in [6, 6.07) is 0. The maximum Gasteiger partial charge on any atom is 0.306 e. The minimum absolute atomic E-state index is 0.188. The van der Waals surface area contributed by atoms with Gasteiger partial charge in [-0.3, -0.25) is 9.59 Å². The SMILES string of the molecule is CCOC(=O)CC(C)CCOC(=O)CC. The van der Waals surface area contributed by atoms with Crippen molar-refractivity contribution in [3.05, 3.63) is 0 Å². The predicted molar refractivity (Wildman–Crippen MR) is 56.3 cm³/mol. The van der Waals surface area contributed by atoms with Gasteiger partial charge in [-0.1, -0.05) is 13.8 Å². The maximum absolute atomic E-state index is 11.1. The van der Waals surface area contributed by atoms with Crippen molar-refractivity contribution < 1.29 is 19.1 Å². The number of hydrogen-bond donors (Lipinski definition) is 0. The summed E-state index contributed by atoms with van der Waals surface area (Å²) in [6.45, 7) is 6.27. The molecule has 0 aliphatic carbocycles. The van der Waals surface area contributed by atoms with Crippen molar-refractivity contribution in [1.82, 2.24) is 0 Å². The molecule has 0 fully saturated rings. The van der Waals surface area contributed by atoms with Crippen LogP contribution >= 0.6 is 0 Å². The molecule has 0 aromatic carbocycles. The van der Waals surface area contributed by atoms with Gasteiger partial charge in [-0.05, 0) is 19.3 Å². The largest absolute Gasteiger partial charge is 0.466 e. The molecule has 0 aromatic rings. The van der Waals surface area contributed by atoms with E-state index in [1.165, 1.54) is 0 Å². The molecule has 0 heterocycles. The zero-order valence-corrected chi connectivity index (χ0v) is 9.75. The van der Waals surface area contributed by atoms with E-state index in [0.717, 1.165) is 0 Å². The monoisotopic (exact) mass is 216 g/mol. The van der Waals surface area contributed by atoms with Crippen molar-refractivity contribution in [2.24, 2.45) is 5.92 Å². The van der Waals surface area contributed by atoms with Gasteiger partial charge in [0.1, 0.15) is 0 Å². The van der Waals surface area contributed by atoms with Crippen LogP contribution in [-0.2, 0) is 19.1 Å². The predicted octanol–water partition coefficient (Wildman–Crippen LogP) is 1.92. The first-order valence-electron chi connectivity index (χ1n) is 5.41. The van der Waals surface area contributed by atoms with E-state index in [4.69, 9.17) is 9.47 Å². The zero-order valence-electron chi connectivity index (χ0n) is 9.75. The van der Waals surface area contributed by atoms with Crippen molar-refractivity contribution in [1.29, 1.82) is 0 Å². The molecule has 0 N–H and O–H groups in total. The summed E-state index contributed by atoms with van der Waals surface area (Å²) >= 11 is 0. The van der Waals surface area contributed by atoms with E-state index in [0.29, 0.717) is 32.5 Å². The van der Waals surface area contributed by atoms with E-state index >= 15 is 0 Å². The summed E-state index contributed by atoms with van der Waals surface area (Å²) in [5.41, 5.74) is 0. The molecule has 1 unspecified atom stereocenters. The van der Waals surface area contributed by atoms with E-state index in [1.54, 1.807) is 13.8 Å². The quantitative estimate of drug-likeness (QED) is 0.610. The molecule has 0 rings (SSSR count). The van der Waals surface area contributed by atoms with Crippen molar-refractivity contribution in [3.63, 3.8) is 0 Å². The average Bonchev–Trinajstić information content (AvgIpc) is 2.17. The molecule has 0 aliphatic heterocycles. The molecule has 0 amide bonds. The lowest BCUT2D eigenvalue weighted by molar-refractivity contribution is -0.144. The van der Waals surface area contributed by atoms with Crippen LogP contribution in [0.2, 0.25) is 0 Å². The summed E-state index contributed by atoms with van der Waals surface area (Å²) in [5, 5.41) is 0. The lowest BCUT2D eigenvalue weighted by Crippen LogP contribution is -2.12. The van der Waals surface area contributed by atoms with Crippen LogP contribution in [0.4, 0.5) is 0 Å². The van der Waals surface area contributed by atoms with Crippen LogP contribution in [0.5, 0.6) is 0 Å². The third-order valence-corrected chi connectivity index (χ3v) is 1.98. The van der Waals surface area contributed by atoms with Crippen LogP contribution in [0.25, 0.3) is 0 Å². The van der Waals surface area contributed by atoms with Gasteiger partial charge in [-0.25, -0.2) is 0 Å². The van der Waals surface area contributed by atoms with Crippen molar-refractivity contribution in [2.75, 3.05) is 13.2 Å². The summed E-state index contributed by atoms with van der Waals surface area (Å²) in [7, 11) is 0. The Labute approximate surface area is 90.9 Å². The number of carbonyl (C=O) groups is 2. The molecule has 0 saturated carbocycles. The molecule has 1 atom stereocenters. The smallest absolute Gasteiger partial charge is 0.306 e. The summed E-state index contributed by atoms with van der Waals surface area (Å²) in [4.78, 5) is 21.9. The fourth-order valence-electron chi connectivity index (χ4n) is 1.08. The standard InChI is InChI=1S/C11H20O4/c1-4-10(12)15-7-6-9(3)8-11(13)14-5-2/h9H,4-8H2,1-3H3. The van der Waals surface area contributed by atoms with Crippen molar-refractivity contribution >= 4 is 11.9 Å². The molecule has 0 radical (unpaired) electrons.